The zero-order valence-electron chi connectivity index (χ0n) is 11.5. The van der Waals surface area contributed by atoms with Crippen molar-refractivity contribution in [3.63, 3.8) is 0 Å². The standard InChI is InChI=1S/C7H12O2.C7H14O/c1-7(2)3-5(4-7)6(8)9;1-7(2)3-6(4-7)5-8/h5H,3-4H2,1-2H3,(H,8,9);6,8H,3-5H2,1-2H3. The molecule has 2 saturated carbocycles. The van der Waals surface area contributed by atoms with Crippen LogP contribution in [0, 0.1) is 22.7 Å². The zero-order chi connectivity index (χ0) is 13.3. The van der Waals surface area contributed by atoms with Gasteiger partial charge in [-0.3, -0.25) is 4.79 Å². The van der Waals surface area contributed by atoms with Gasteiger partial charge in [0.05, 0.1) is 5.92 Å². The van der Waals surface area contributed by atoms with Crippen LogP contribution in [-0.2, 0) is 4.79 Å². The van der Waals surface area contributed by atoms with Gasteiger partial charge in [0.1, 0.15) is 0 Å². The van der Waals surface area contributed by atoms with Gasteiger partial charge in [0.15, 0.2) is 0 Å². The monoisotopic (exact) mass is 242 g/mol. The van der Waals surface area contributed by atoms with Gasteiger partial charge < -0.3 is 10.2 Å². The molecule has 2 rings (SSSR count). The molecule has 3 heteroatoms. The molecule has 0 radical (unpaired) electrons. The Balaban J connectivity index is 0.000000171. The molecule has 17 heavy (non-hydrogen) atoms. The van der Waals surface area contributed by atoms with Crippen LogP contribution in [0.25, 0.3) is 0 Å². The van der Waals surface area contributed by atoms with Gasteiger partial charge in [0, 0.05) is 6.61 Å². The van der Waals surface area contributed by atoms with Crippen molar-refractivity contribution in [3.8, 4) is 0 Å². The predicted molar refractivity (Wildman–Crippen MR) is 67.7 cm³/mol. The molecule has 0 atom stereocenters. The number of carbonyl (C=O) groups is 1. The van der Waals surface area contributed by atoms with Crippen LogP contribution in [0.2, 0.25) is 0 Å². The molecule has 0 bridgehead atoms. The first kappa shape index (κ1) is 14.5. The summed E-state index contributed by atoms with van der Waals surface area (Å²) >= 11 is 0. The lowest BCUT2D eigenvalue weighted by atomic mass is 9.65. The summed E-state index contributed by atoms with van der Waals surface area (Å²) in [4.78, 5) is 10.3. The van der Waals surface area contributed by atoms with Crippen LogP contribution in [0.4, 0.5) is 0 Å². The molecule has 0 heterocycles. The second-order valence-electron chi connectivity index (χ2n) is 7.23. The lowest BCUT2D eigenvalue weighted by Crippen LogP contribution is -2.36. The SMILES string of the molecule is CC1(C)CC(C(=O)O)C1.CC1(C)CC(CO)C1. The Kier molecular flexibility index (Phi) is 4.23. The van der Waals surface area contributed by atoms with Crippen molar-refractivity contribution >= 4 is 5.97 Å². The third-order valence-corrected chi connectivity index (χ3v) is 3.89. The Morgan fingerprint density at radius 3 is 1.59 bits per heavy atom. The molecule has 0 aromatic heterocycles. The summed E-state index contributed by atoms with van der Waals surface area (Å²) in [5.41, 5.74) is 0.830. The molecule has 2 aliphatic rings. The van der Waals surface area contributed by atoms with Crippen LogP contribution >= 0.6 is 0 Å². The molecule has 3 nitrogen and oxygen atoms in total. The second kappa shape index (κ2) is 4.97. The molecule has 100 valence electrons. The fraction of sp³-hybridized carbons (Fsp3) is 0.929. The van der Waals surface area contributed by atoms with Crippen molar-refractivity contribution in [2.45, 2.75) is 53.4 Å². The number of rotatable bonds is 2. The van der Waals surface area contributed by atoms with Crippen LogP contribution < -0.4 is 0 Å². The van der Waals surface area contributed by atoms with Crippen LogP contribution in [-0.4, -0.2) is 22.8 Å². The fourth-order valence-corrected chi connectivity index (χ4v) is 3.08. The summed E-state index contributed by atoms with van der Waals surface area (Å²) in [5, 5.41) is 17.1. The Morgan fingerprint density at radius 1 is 1.06 bits per heavy atom. The molecular weight excluding hydrogens is 216 g/mol. The first-order valence-electron chi connectivity index (χ1n) is 6.49. The van der Waals surface area contributed by atoms with E-state index in [-0.39, 0.29) is 5.92 Å². The molecule has 0 spiro atoms. The van der Waals surface area contributed by atoms with Gasteiger partial charge in [0.2, 0.25) is 0 Å². The molecule has 0 aliphatic heterocycles. The third-order valence-electron chi connectivity index (χ3n) is 3.89. The van der Waals surface area contributed by atoms with Crippen molar-refractivity contribution < 1.29 is 15.0 Å². The maximum Gasteiger partial charge on any atom is 0.306 e. The van der Waals surface area contributed by atoms with Gasteiger partial charge >= 0.3 is 5.97 Å². The summed E-state index contributed by atoms with van der Waals surface area (Å²) < 4.78 is 0. The van der Waals surface area contributed by atoms with Crippen molar-refractivity contribution in [1.29, 1.82) is 0 Å². The number of carboxylic acid groups (broad SMARTS) is 1. The maximum atomic E-state index is 10.3. The van der Waals surface area contributed by atoms with Crippen molar-refractivity contribution in [2.75, 3.05) is 6.61 Å². The summed E-state index contributed by atoms with van der Waals surface area (Å²) in [6.45, 7) is 9.10. The minimum absolute atomic E-state index is 0.0556. The molecule has 2 N–H and O–H groups in total. The fourth-order valence-electron chi connectivity index (χ4n) is 3.08. The number of aliphatic carboxylic acids is 1. The van der Waals surface area contributed by atoms with Gasteiger partial charge in [-0.1, -0.05) is 27.7 Å². The molecule has 0 saturated heterocycles. The van der Waals surface area contributed by atoms with E-state index in [4.69, 9.17) is 10.2 Å². The second-order valence-corrected chi connectivity index (χ2v) is 7.23. The Labute approximate surface area is 104 Å². The van der Waals surface area contributed by atoms with Crippen LogP contribution in [0.3, 0.4) is 0 Å². The summed E-state index contributed by atoms with van der Waals surface area (Å²) in [7, 11) is 0. The van der Waals surface area contributed by atoms with Crippen molar-refractivity contribution in [1.82, 2.24) is 0 Å². The lowest BCUT2D eigenvalue weighted by Gasteiger charge is -2.41. The number of aliphatic hydroxyl groups excluding tert-OH is 1. The van der Waals surface area contributed by atoms with E-state index in [1.54, 1.807) is 0 Å². The van der Waals surface area contributed by atoms with Crippen LogP contribution in [0.5, 0.6) is 0 Å². The quantitative estimate of drug-likeness (QED) is 0.782. The van der Waals surface area contributed by atoms with Gasteiger partial charge in [-0.25, -0.2) is 0 Å². The van der Waals surface area contributed by atoms with E-state index in [2.05, 4.69) is 27.7 Å². The Bertz CT molecular complexity index is 265. The molecule has 2 aliphatic carbocycles. The normalized spacial score (nSPS) is 26.2. The van der Waals surface area contributed by atoms with E-state index in [9.17, 15) is 4.79 Å². The largest absolute Gasteiger partial charge is 0.481 e. The van der Waals surface area contributed by atoms with Gasteiger partial charge in [0.25, 0.3) is 0 Å². The van der Waals surface area contributed by atoms with Crippen molar-refractivity contribution in [3.05, 3.63) is 0 Å². The van der Waals surface area contributed by atoms with Gasteiger partial charge in [-0.05, 0) is 42.4 Å². The summed E-state index contributed by atoms with van der Waals surface area (Å²) in [5.74, 6) is -0.0701. The topological polar surface area (TPSA) is 57.5 Å². The van der Waals surface area contributed by atoms with Gasteiger partial charge in [-0.2, -0.15) is 0 Å². The number of aliphatic hydroxyl groups is 1. The Hall–Kier alpha value is -0.570. The van der Waals surface area contributed by atoms with Crippen molar-refractivity contribution in [2.24, 2.45) is 22.7 Å². The van der Waals surface area contributed by atoms with E-state index >= 15 is 0 Å². The molecule has 0 amide bonds. The zero-order valence-corrected chi connectivity index (χ0v) is 11.5. The molecule has 0 aromatic rings. The Morgan fingerprint density at radius 2 is 1.47 bits per heavy atom. The van der Waals surface area contributed by atoms with E-state index in [1.807, 2.05) is 0 Å². The van der Waals surface area contributed by atoms with Gasteiger partial charge in [-0.15, -0.1) is 0 Å². The first-order valence-corrected chi connectivity index (χ1v) is 6.49. The highest BCUT2D eigenvalue weighted by Gasteiger charge is 2.40. The third kappa shape index (κ3) is 4.30. The predicted octanol–water partition coefficient (Wildman–Crippen LogP) is 2.92. The van der Waals surface area contributed by atoms with E-state index < -0.39 is 5.97 Å². The first-order chi connectivity index (χ1) is 7.65. The van der Waals surface area contributed by atoms with Crippen LogP contribution in [0.1, 0.15) is 53.4 Å². The molecule has 2 fully saturated rings. The molecule has 0 unspecified atom stereocenters. The number of hydrogen-bond donors (Lipinski definition) is 2. The average Bonchev–Trinajstić information content (AvgIpc) is 2.10. The number of carboxylic acids is 1. The minimum Gasteiger partial charge on any atom is -0.481 e. The van der Waals surface area contributed by atoms with E-state index in [0.717, 1.165) is 12.8 Å². The maximum absolute atomic E-state index is 10.3. The summed E-state index contributed by atoms with van der Waals surface area (Å²) in [6.07, 6.45) is 4.12. The molecular formula is C14H26O3. The highest BCUT2D eigenvalue weighted by Crippen LogP contribution is 2.44. The molecule has 0 aromatic carbocycles. The van der Waals surface area contributed by atoms with Crippen LogP contribution in [0.15, 0.2) is 0 Å². The lowest BCUT2D eigenvalue weighted by molar-refractivity contribution is -0.148. The van der Waals surface area contributed by atoms with E-state index in [1.165, 1.54) is 12.8 Å². The highest BCUT2D eigenvalue weighted by molar-refractivity contribution is 5.71. The van der Waals surface area contributed by atoms with E-state index in [0.29, 0.717) is 23.4 Å². The average molecular weight is 242 g/mol. The highest BCUT2D eigenvalue weighted by atomic mass is 16.4. The smallest absolute Gasteiger partial charge is 0.306 e. The summed E-state index contributed by atoms with van der Waals surface area (Å²) in [6, 6.07) is 0. The minimum atomic E-state index is -0.630. The number of hydrogen-bond acceptors (Lipinski definition) is 2.